The summed E-state index contributed by atoms with van der Waals surface area (Å²) < 4.78 is 1.99. The Hall–Kier alpha value is -2.08. The molecule has 2 aromatic rings. The molecule has 2 aromatic heterocycles. The van der Waals surface area contributed by atoms with Crippen molar-refractivity contribution in [1.29, 1.82) is 0 Å². The number of amides is 2. The summed E-state index contributed by atoms with van der Waals surface area (Å²) in [5, 5.41) is 7.74. The summed E-state index contributed by atoms with van der Waals surface area (Å²) in [4.78, 5) is 17.9. The molecule has 6 nitrogen and oxygen atoms in total. The van der Waals surface area contributed by atoms with Crippen molar-refractivity contribution < 1.29 is 4.79 Å². The van der Waals surface area contributed by atoms with E-state index >= 15 is 0 Å². The van der Waals surface area contributed by atoms with Crippen LogP contribution >= 0.6 is 11.6 Å². The summed E-state index contributed by atoms with van der Waals surface area (Å²) in [5.41, 5.74) is 3.72. The highest BCUT2D eigenvalue weighted by molar-refractivity contribution is 6.29. The predicted molar refractivity (Wildman–Crippen MR) is 91.8 cm³/mol. The second-order valence-electron chi connectivity index (χ2n) is 5.84. The van der Waals surface area contributed by atoms with E-state index in [1.807, 2.05) is 18.5 Å². The summed E-state index contributed by atoms with van der Waals surface area (Å²) in [5.74, 6) is 0. The fourth-order valence-corrected chi connectivity index (χ4v) is 2.52. The first kappa shape index (κ1) is 17.3. The molecule has 0 saturated carbocycles. The first-order valence-corrected chi connectivity index (χ1v) is 7.85. The Morgan fingerprint density at radius 1 is 1.39 bits per heavy atom. The van der Waals surface area contributed by atoms with Crippen LogP contribution in [0.3, 0.4) is 0 Å². The molecular weight excluding hydrogens is 314 g/mol. The van der Waals surface area contributed by atoms with Crippen LogP contribution in [0.25, 0.3) is 0 Å². The lowest BCUT2D eigenvalue weighted by molar-refractivity contribution is 0.220. The third-order valence-corrected chi connectivity index (χ3v) is 3.91. The van der Waals surface area contributed by atoms with Crippen LogP contribution in [-0.4, -0.2) is 32.7 Å². The molecule has 124 valence electrons. The number of anilines is 1. The Bertz CT molecular complexity index is 693. The highest BCUT2D eigenvalue weighted by atomic mass is 35.5. The van der Waals surface area contributed by atoms with Gasteiger partial charge in [-0.3, -0.25) is 4.68 Å². The Balaban J connectivity index is 2.08. The van der Waals surface area contributed by atoms with E-state index in [2.05, 4.69) is 29.2 Å². The number of halogens is 1. The number of aryl methyl sites for hydroxylation is 1. The highest BCUT2D eigenvalue weighted by Crippen LogP contribution is 2.19. The molecule has 0 aliphatic heterocycles. The molecule has 1 N–H and O–H groups in total. The normalized spacial score (nSPS) is 10.9. The molecule has 23 heavy (non-hydrogen) atoms. The zero-order chi connectivity index (χ0) is 17.1. The van der Waals surface area contributed by atoms with E-state index in [4.69, 9.17) is 11.6 Å². The monoisotopic (exact) mass is 335 g/mol. The van der Waals surface area contributed by atoms with Gasteiger partial charge in [0.15, 0.2) is 0 Å². The summed E-state index contributed by atoms with van der Waals surface area (Å²) in [6.07, 6.45) is 1.53. The minimum Gasteiger partial charge on any atom is -0.323 e. The molecular formula is C16H22ClN5O. The van der Waals surface area contributed by atoms with Gasteiger partial charge in [-0.2, -0.15) is 5.10 Å². The third kappa shape index (κ3) is 4.01. The van der Waals surface area contributed by atoms with Gasteiger partial charge in [0.1, 0.15) is 5.15 Å². The molecule has 0 saturated heterocycles. The standard InChI is InChI=1S/C16H22ClN5O/c1-10(2)22-12(4)14(11(3)20-22)9-21(5)16(23)19-13-6-7-15(17)18-8-13/h6-8,10H,9H2,1-5H3,(H,19,23). The van der Waals surface area contributed by atoms with Crippen LogP contribution in [0.2, 0.25) is 5.15 Å². The van der Waals surface area contributed by atoms with Crippen LogP contribution in [0.4, 0.5) is 10.5 Å². The number of nitrogens with one attached hydrogen (secondary N) is 1. The van der Waals surface area contributed by atoms with Gasteiger partial charge < -0.3 is 10.2 Å². The van der Waals surface area contributed by atoms with E-state index in [0.717, 1.165) is 17.0 Å². The molecule has 0 aromatic carbocycles. The van der Waals surface area contributed by atoms with E-state index in [9.17, 15) is 4.79 Å². The fraction of sp³-hybridized carbons (Fsp3) is 0.438. The first-order valence-electron chi connectivity index (χ1n) is 7.47. The zero-order valence-corrected chi connectivity index (χ0v) is 14.8. The van der Waals surface area contributed by atoms with Crippen molar-refractivity contribution >= 4 is 23.3 Å². The van der Waals surface area contributed by atoms with Gasteiger partial charge in [-0.1, -0.05) is 11.6 Å². The Labute approximate surface area is 141 Å². The van der Waals surface area contributed by atoms with Crippen LogP contribution in [0.1, 0.15) is 36.8 Å². The van der Waals surface area contributed by atoms with Gasteiger partial charge in [-0.25, -0.2) is 9.78 Å². The van der Waals surface area contributed by atoms with E-state index in [1.54, 1.807) is 24.1 Å². The second kappa shape index (κ2) is 7.00. The average Bonchev–Trinajstić information content (AvgIpc) is 2.77. The summed E-state index contributed by atoms with van der Waals surface area (Å²) >= 11 is 5.74. The summed E-state index contributed by atoms with van der Waals surface area (Å²) in [6, 6.07) is 3.44. The van der Waals surface area contributed by atoms with Crippen LogP contribution in [-0.2, 0) is 6.54 Å². The number of pyridine rings is 1. The molecule has 2 rings (SSSR count). The van der Waals surface area contributed by atoms with Gasteiger partial charge >= 0.3 is 6.03 Å². The van der Waals surface area contributed by atoms with Gasteiger partial charge in [0.25, 0.3) is 0 Å². The molecule has 0 spiro atoms. The quantitative estimate of drug-likeness (QED) is 0.864. The molecule has 0 unspecified atom stereocenters. The van der Waals surface area contributed by atoms with E-state index < -0.39 is 0 Å². The van der Waals surface area contributed by atoms with Gasteiger partial charge in [-0.15, -0.1) is 0 Å². The minimum absolute atomic E-state index is 0.204. The Kier molecular flexibility index (Phi) is 5.26. The largest absolute Gasteiger partial charge is 0.323 e. The van der Waals surface area contributed by atoms with Crippen LogP contribution in [0.5, 0.6) is 0 Å². The smallest absolute Gasteiger partial charge is 0.321 e. The lowest BCUT2D eigenvalue weighted by Gasteiger charge is -2.18. The van der Waals surface area contributed by atoms with Crippen molar-refractivity contribution in [3.63, 3.8) is 0 Å². The highest BCUT2D eigenvalue weighted by Gasteiger charge is 2.17. The number of hydrogen-bond donors (Lipinski definition) is 1. The van der Waals surface area contributed by atoms with Gasteiger partial charge in [-0.05, 0) is 39.8 Å². The van der Waals surface area contributed by atoms with Crippen molar-refractivity contribution in [2.45, 2.75) is 40.3 Å². The van der Waals surface area contributed by atoms with Crippen molar-refractivity contribution in [3.05, 3.63) is 40.4 Å². The first-order chi connectivity index (χ1) is 10.8. The van der Waals surface area contributed by atoms with Crippen molar-refractivity contribution in [2.24, 2.45) is 0 Å². The maximum absolute atomic E-state index is 12.3. The maximum Gasteiger partial charge on any atom is 0.321 e. The van der Waals surface area contributed by atoms with E-state index in [-0.39, 0.29) is 6.03 Å². The molecule has 0 fully saturated rings. The molecule has 2 amide bonds. The number of rotatable bonds is 4. The fourth-order valence-electron chi connectivity index (χ4n) is 2.41. The maximum atomic E-state index is 12.3. The van der Waals surface area contributed by atoms with Crippen molar-refractivity contribution in [3.8, 4) is 0 Å². The SMILES string of the molecule is Cc1nn(C(C)C)c(C)c1CN(C)C(=O)Nc1ccc(Cl)nc1. The molecule has 0 bridgehead atoms. The average molecular weight is 336 g/mol. The van der Waals surface area contributed by atoms with Gasteiger partial charge in [0, 0.05) is 24.3 Å². The molecule has 0 aliphatic rings. The van der Waals surface area contributed by atoms with Gasteiger partial charge in [0.2, 0.25) is 0 Å². The van der Waals surface area contributed by atoms with E-state index in [0.29, 0.717) is 23.4 Å². The number of aromatic nitrogens is 3. The van der Waals surface area contributed by atoms with Crippen LogP contribution in [0, 0.1) is 13.8 Å². The number of urea groups is 1. The minimum atomic E-state index is -0.204. The number of carbonyl (C=O) groups is 1. The topological polar surface area (TPSA) is 63.1 Å². The summed E-state index contributed by atoms with van der Waals surface area (Å²) in [6.45, 7) is 8.68. The molecule has 0 aliphatic carbocycles. The summed E-state index contributed by atoms with van der Waals surface area (Å²) in [7, 11) is 1.75. The number of carbonyl (C=O) groups excluding carboxylic acids is 1. The number of hydrogen-bond acceptors (Lipinski definition) is 3. The molecule has 0 radical (unpaired) electrons. The van der Waals surface area contributed by atoms with Crippen LogP contribution in [0.15, 0.2) is 18.3 Å². The van der Waals surface area contributed by atoms with Crippen LogP contribution < -0.4 is 5.32 Å². The molecule has 7 heteroatoms. The predicted octanol–water partition coefficient (Wildman–Crippen LogP) is 3.79. The Morgan fingerprint density at radius 2 is 2.09 bits per heavy atom. The lowest BCUT2D eigenvalue weighted by Crippen LogP contribution is -2.31. The van der Waals surface area contributed by atoms with Gasteiger partial charge in [0.05, 0.1) is 24.1 Å². The number of nitrogens with zero attached hydrogens (tertiary/aromatic N) is 4. The molecule has 2 heterocycles. The zero-order valence-electron chi connectivity index (χ0n) is 14.1. The lowest BCUT2D eigenvalue weighted by atomic mass is 10.2. The van der Waals surface area contributed by atoms with Crippen molar-refractivity contribution in [1.82, 2.24) is 19.7 Å². The van der Waals surface area contributed by atoms with E-state index in [1.165, 1.54) is 6.20 Å². The second-order valence-corrected chi connectivity index (χ2v) is 6.23. The van der Waals surface area contributed by atoms with Crippen molar-refractivity contribution in [2.75, 3.05) is 12.4 Å². The third-order valence-electron chi connectivity index (χ3n) is 3.68. The molecule has 0 atom stereocenters. The Morgan fingerprint density at radius 3 is 2.61 bits per heavy atom.